The molecule has 0 aliphatic heterocycles. The van der Waals surface area contributed by atoms with Gasteiger partial charge in [0.05, 0.1) is 18.1 Å². The molecule has 3 rings (SSSR count). The lowest BCUT2D eigenvalue weighted by atomic mass is 10.0. The maximum atomic E-state index is 12.5. The second-order valence-electron chi connectivity index (χ2n) is 6.14. The van der Waals surface area contributed by atoms with E-state index in [0.29, 0.717) is 29.0 Å². The molecule has 1 N–H and O–H groups in total. The van der Waals surface area contributed by atoms with E-state index in [1.165, 1.54) is 11.8 Å². The molecule has 0 spiro atoms. The largest absolute Gasteiger partial charge is 0.461 e. The molecular formula is C20H24N4O2S. The van der Waals surface area contributed by atoms with Crippen LogP contribution in [-0.4, -0.2) is 26.4 Å². The zero-order valence-electron chi connectivity index (χ0n) is 15.6. The van der Waals surface area contributed by atoms with Crippen LogP contribution in [0.1, 0.15) is 38.3 Å². The number of aromatic nitrogens is 3. The summed E-state index contributed by atoms with van der Waals surface area (Å²) in [4.78, 5) is 12.5. The molecule has 0 aliphatic rings. The second-order valence-corrected chi connectivity index (χ2v) is 7.08. The molecule has 0 saturated heterocycles. The van der Waals surface area contributed by atoms with Gasteiger partial charge in [-0.1, -0.05) is 55.4 Å². The van der Waals surface area contributed by atoms with Crippen LogP contribution < -0.4 is 5.32 Å². The first-order valence-corrected chi connectivity index (χ1v) is 10.2. The molecule has 1 atom stereocenters. The van der Waals surface area contributed by atoms with Crippen molar-refractivity contribution in [3.8, 4) is 11.6 Å². The summed E-state index contributed by atoms with van der Waals surface area (Å²) in [5, 5.41) is 12.3. The number of carbonyl (C=O) groups excluding carboxylic acids is 1. The van der Waals surface area contributed by atoms with E-state index in [1.807, 2.05) is 41.8 Å². The average molecular weight is 385 g/mol. The summed E-state index contributed by atoms with van der Waals surface area (Å²) in [5.41, 5.74) is 1.13. The van der Waals surface area contributed by atoms with Gasteiger partial charge in [-0.3, -0.25) is 9.36 Å². The lowest BCUT2D eigenvalue weighted by Gasteiger charge is -2.18. The van der Waals surface area contributed by atoms with Crippen molar-refractivity contribution >= 4 is 17.7 Å². The number of furan rings is 1. The molecule has 7 heteroatoms. The molecule has 142 valence electrons. The number of benzene rings is 1. The third kappa shape index (κ3) is 4.80. The van der Waals surface area contributed by atoms with E-state index < -0.39 is 0 Å². The fourth-order valence-electron chi connectivity index (χ4n) is 2.93. The van der Waals surface area contributed by atoms with Crippen LogP contribution in [0.2, 0.25) is 0 Å². The smallest absolute Gasteiger partial charge is 0.230 e. The zero-order chi connectivity index (χ0) is 19.1. The molecule has 6 nitrogen and oxygen atoms in total. The summed E-state index contributed by atoms with van der Waals surface area (Å²) in [6.07, 6.45) is 3.53. The Balaban J connectivity index is 1.63. The summed E-state index contributed by atoms with van der Waals surface area (Å²) in [6.45, 7) is 4.85. The van der Waals surface area contributed by atoms with Gasteiger partial charge in [0.2, 0.25) is 5.91 Å². The zero-order valence-corrected chi connectivity index (χ0v) is 16.4. The monoisotopic (exact) mass is 384 g/mol. The highest BCUT2D eigenvalue weighted by atomic mass is 32.2. The van der Waals surface area contributed by atoms with Gasteiger partial charge in [-0.2, -0.15) is 0 Å². The second kappa shape index (κ2) is 9.41. The Morgan fingerprint density at radius 1 is 1.19 bits per heavy atom. The third-order valence-electron chi connectivity index (χ3n) is 4.22. The highest BCUT2D eigenvalue weighted by molar-refractivity contribution is 7.99. The summed E-state index contributed by atoms with van der Waals surface area (Å²) in [7, 11) is 0. The first-order valence-electron chi connectivity index (χ1n) is 9.17. The first kappa shape index (κ1) is 19.2. The minimum absolute atomic E-state index is 0.00694. The average Bonchev–Trinajstić information content (AvgIpc) is 3.35. The third-order valence-corrected chi connectivity index (χ3v) is 5.19. The Morgan fingerprint density at radius 2 is 2.00 bits per heavy atom. The Hall–Kier alpha value is -2.54. The number of hydrogen-bond donors (Lipinski definition) is 1. The van der Waals surface area contributed by atoms with Crippen LogP contribution in [0.3, 0.4) is 0 Å². The summed E-state index contributed by atoms with van der Waals surface area (Å²) >= 11 is 1.39. The first-order chi connectivity index (χ1) is 13.2. The number of carbonyl (C=O) groups is 1. The van der Waals surface area contributed by atoms with Gasteiger partial charge in [-0.25, -0.2) is 0 Å². The summed E-state index contributed by atoms with van der Waals surface area (Å²) in [5.74, 6) is 1.64. The van der Waals surface area contributed by atoms with Crippen molar-refractivity contribution in [2.75, 3.05) is 5.75 Å². The molecule has 0 bridgehead atoms. The van der Waals surface area contributed by atoms with Gasteiger partial charge in [0.25, 0.3) is 0 Å². The predicted octanol–water partition coefficient (Wildman–Crippen LogP) is 4.31. The van der Waals surface area contributed by atoms with Crippen molar-refractivity contribution in [3.63, 3.8) is 0 Å². The predicted molar refractivity (Wildman–Crippen MR) is 106 cm³/mol. The van der Waals surface area contributed by atoms with E-state index in [4.69, 9.17) is 4.42 Å². The van der Waals surface area contributed by atoms with Crippen LogP contribution in [-0.2, 0) is 11.3 Å². The van der Waals surface area contributed by atoms with Crippen molar-refractivity contribution in [1.29, 1.82) is 0 Å². The molecule has 1 amide bonds. The maximum Gasteiger partial charge on any atom is 0.230 e. The van der Waals surface area contributed by atoms with Gasteiger partial charge < -0.3 is 9.73 Å². The van der Waals surface area contributed by atoms with Crippen LogP contribution >= 0.6 is 11.8 Å². The van der Waals surface area contributed by atoms with E-state index in [9.17, 15) is 4.79 Å². The van der Waals surface area contributed by atoms with Crippen LogP contribution in [0.4, 0.5) is 0 Å². The molecule has 27 heavy (non-hydrogen) atoms. The fraction of sp³-hybridized carbons (Fsp3) is 0.350. The standard InChI is InChI=1S/C20H24N4O2S/c1-3-9-16(15-10-6-5-7-11-15)21-18(25)14-27-20-23-22-19(24(20)4-2)17-12-8-13-26-17/h5-8,10-13,16H,3-4,9,14H2,1-2H3,(H,21,25)/t16-/m0/s1. The number of rotatable bonds is 9. The van der Waals surface area contributed by atoms with E-state index in [-0.39, 0.29) is 11.9 Å². The Morgan fingerprint density at radius 3 is 2.67 bits per heavy atom. The highest BCUT2D eigenvalue weighted by Gasteiger charge is 2.18. The van der Waals surface area contributed by atoms with E-state index in [1.54, 1.807) is 6.26 Å². The molecule has 0 aliphatic carbocycles. The molecule has 2 aromatic heterocycles. The number of nitrogens with zero attached hydrogens (tertiary/aromatic N) is 3. The van der Waals surface area contributed by atoms with E-state index >= 15 is 0 Å². The molecule has 1 aromatic carbocycles. The van der Waals surface area contributed by atoms with E-state index in [0.717, 1.165) is 18.4 Å². The number of hydrogen-bond acceptors (Lipinski definition) is 5. The minimum Gasteiger partial charge on any atom is -0.461 e. The SMILES string of the molecule is CCC[C@H](NC(=O)CSc1nnc(-c2ccco2)n1CC)c1ccccc1. The van der Waals surface area contributed by atoms with Gasteiger partial charge in [0.1, 0.15) is 0 Å². The quantitative estimate of drug-likeness (QED) is 0.557. The van der Waals surface area contributed by atoms with Crippen LogP contribution in [0.15, 0.2) is 58.3 Å². The lowest BCUT2D eigenvalue weighted by Crippen LogP contribution is -2.30. The topological polar surface area (TPSA) is 73.0 Å². The van der Waals surface area contributed by atoms with Crippen molar-refractivity contribution in [2.45, 2.75) is 44.4 Å². The molecule has 0 radical (unpaired) electrons. The Kier molecular flexibility index (Phi) is 6.70. The molecule has 0 saturated carbocycles. The molecular weight excluding hydrogens is 360 g/mol. The van der Waals surface area contributed by atoms with E-state index in [2.05, 4.69) is 34.6 Å². The number of amides is 1. The normalized spacial score (nSPS) is 12.1. The minimum atomic E-state index is -0.00694. The van der Waals surface area contributed by atoms with Gasteiger partial charge in [0.15, 0.2) is 16.7 Å². The Bertz CT molecular complexity index is 846. The number of nitrogens with one attached hydrogen (secondary N) is 1. The summed E-state index contributed by atoms with van der Waals surface area (Å²) in [6, 6.07) is 13.8. The molecule has 3 aromatic rings. The summed E-state index contributed by atoms with van der Waals surface area (Å²) < 4.78 is 7.37. The van der Waals surface area contributed by atoms with Gasteiger partial charge in [0, 0.05) is 6.54 Å². The van der Waals surface area contributed by atoms with Crippen molar-refractivity contribution in [3.05, 3.63) is 54.3 Å². The lowest BCUT2D eigenvalue weighted by molar-refractivity contribution is -0.119. The molecule has 2 heterocycles. The molecule has 0 fully saturated rings. The van der Waals surface area contributed by atoms with Gasteiger partial charge >= 0.3 is 0 Å². The maximum absolute atomic E-state index is 12.5. The van der Waals surface area contributed by atoms with Crippen LogP contribution in [0.5, 0.6) is 0 Å². The van der Waals surface area contributed by atoms with Crippen molar-refractivity contribution in [1.82, 2.24) is 20.1 Å². The van der Waals surface area contributed by atoms with Crippen molar-refractivity contribution in [2.24, 2.45) is 0 Å². The highest BCUT2D eigenvalue weighted by Crippen LogP contribution is 2.24. The van der Waals surface area contributed by atoms with Crippen LogP contribution in [0.25, 0.3) is 11.6 Å². The van der Waals surface area contributed by atoms with Crippen molar-refractivity contribution < 1.29 is 9.21 Å². The fourth-order valence-corrected chi connectivity index (χ4v) is 3.74. The Labute approximate surface area is 163 Å². The van der Waals surface area contributed by atoms with Gasteiger partial charge in [-0.15, -0.1) is 10.2 Å². The van der Waals surface area contributed by atoms with Crippen LogP contribution in [0, 0.1) is 0 Å². The number of thioether (sulfide) groups is 1. The molecule has 0 unspecified atom stereocenters. The van der Waals surface area contributed by atoms with Gasteiger partial charge in [-0.05, 0) is 31.0 Å².